The van der Waals surface area contributed by atoms with Gasteiger partial charge in [-0.05, 0) is 46.0 Å². The molecule has 1 atom stereocenters. The van der Waals surface area contributed by atoms with Crippen molar-refractivity contribution < 1.29 is 9.53 Å². The molecular weight excluding hydrogens is 420 g/mol. The van der Waals surface area contributed by atoms with Gasteiger partial charge < -0.3 is 19.5 Å². The Morgan fingerprint density at radius 3 is 2.67 bits per heavy atom. The molecule has 10 heteroatoms. The Bertz CT molecular complexity index is 1120. The predicted octanol–water partition coefficient (Wildman–Crippen LogP) is 3.57. The van der Waals surface area contributed by atoms with Gasteiger partial charge in [0, 0.05) is 38.1 Å². The minimum atomic E-state index is -0.198. The number of rotatable bonds is 5. The lowest BCUT2D eigenvalue weighted by Crippen LogP contribution is -2.35. The van der Waals surface area contributed by atoms with Crippen LogP contribution in [-0.2, 0) is 11.3 Å². The van der Waals surface area contributed by atoms with Crippen LogP contribution in [0.5, 0.6) is 0 Å². The van der Waals surface area contributed by atoms with E-state index < -0.39 is 0 Å². The Hall–Kier alpha value is -3.30. The van der Waals surface area contributed by atoms with Gasteiger partial charge in [0.2, 0.25) is 0 Å². The number of hydrogen-bond acceptors (Lipinski definition) is 8. The first-order chi connectivity index (χ1) is 16.1. The van der Waals surface area contributed by atoms with E-state index in [2.05, 4.69) is 32.2 Å². The van der Waals surface area contributed by atoms with Gasteiger partial charge in [-0.3, -0.25) is 0 Å². The Balaban J connectivity index is 1.32. The van der Waals surface area contributed by atoms with E-state index in [0.717, 1.165) is 49.1 Å². The summed E-state index contributed by atoms with van der Waals surface area (Å²) in [7, 11) is 0. The van der Waals surface area contributed by atoms with Crippen molar-refractivity contribution in [1.29, 1.82) is 0 Å². The van der Waals surface area contributed by atoms with Crippen LogP contribution in [0.25, 0.3) is 22.6 Å². The second-order valence-corrected chi connectivity index (χ2v) is 8.81. The number of carbonyl (C=O) groups is 1. The summed E-state index contributed by atoms with van der Waals surface area (Å²) in [5.74, 6) is 2.15. The molecule has 5 rings (SSSR count). The molecule has 1 unspecified atom stereocenters. The molecule has 1 saturated heterocycles. The molecule has 33 heavy (non-hydrogen) atoms. The van der Waals surface area contributed by atoms with Crippen LogP contribution in [0.3, 0.4) is 0 Å². The summed E-state index contributed by atoms with van der Waals surface area (Å²) >= 11 is 0. The lowest BCUT2D eigenvalue weighted by molar-refractivity contribution is 0.0507. The van der Waals surface area contributed by atoms with Gasteiger partial charge in [0.05, 0.1) is 5.56 Å². The van der Waals surface area contributed by atoms with Crippen molar-refractivity contribution in [3.8, 4) is 11.4 Å². The van der Waals surface area contributed by atoms with Crippen LogP contribution in [0.4, 0.5) is 10.6 Å². The van der Waals surface area contributed by atoms with E-state index in [1.165, 1.54) is 6.42 Å². The fourth-order valence-corrected chi connectivity index (χ4v) is 4.71. The maximum absolute atomic E-state index is 12.6. The number of imidazole rings is 1. The molecule has 10 nitrogen and oxygen atoms in total. The quantitative estimate of drug-likeness (QED) is 0.628. The molecule has 2 fully saturated rings. The Labute approximate surface area is 192 Å². The topological polar surface area (TPSA) is 111 Å². The summed E-state index contributed by atoms with van der Waals surface area (Å²) in [6.07, 6.45) is 11.3. The predicted molar refractivity (Wildman–Crippen MR) is 124 cm³/mol. The SMILES string of the molecule is CCn1c(-c2cnc(C)nc2)nc2c(NC3CCN(C(=O)OC4CCCCC4)C3)ncnc21. The van der Waals surface area contributed by atoms with Gasteiger partial charge >= 0.3 is 6.09 Å². The molecule has 1 amide bonds. The lowest BCUT2D eigenvalue weighted by atomic mass is 9.98. The molecule has 0 aromatic carbocycles. The van der Waals surface area contributed by atoms with Gasteiger partial charge in [-0.1, -0.05) is 6.42 Å². The zero-order valence-corrected chi connectivity index (χ0v) is 19.2. The Kier molecular flexibility index (Phi) is 6.06. The number of amides is 1. The van der Waals surface area contributed by atoms with Gasteiger partial charge in [-0.25, -0.2) is 29.7 Å². The molecule has 3 aromatic heterocycles. The van der Waals surface area contributed by atoms with Crippen molar-refractivity contribution in [1.82, 2.24) is 34.4 Å². The molecule has 4 heterocycles. The van der Waals surface area contributed by atoms with Crippen molar-refractivity contribution in [2.24, 2.45) is 0 Å². The van der Waals surface area contributed by atoms with Gasteiger partial charge in [-0.2, -0.15) is 0 Å². The number of anilines is 1. The van der Waals surface area contributed by atoms with Crippen molar-refractivity contribution in [3.05, 3.63) is 24.5 Å². The van der Waals surface area contributed by atoms with Crippen LogP contribution in [0.15, 0.2) is 18.7 Å². The summed E-state index contributed by atoms with van der Waals surface area (Å²) in [6.45, 7) is 5.88. The molecule has 1 N–H and O–H groups in total. The van der Waals surface area contributed by atoms with Crippen LogP contribution in [-0.4, -0.2) is 65.7 Å². The maximum atomic E-state index is 12.6. The highest BCUT2D eigenvalue weighted by Crippen LogP contribution is 2.28. The molecule has 0 bridgehead atoms. The number of aryl methyl sites for hydroxylation is 2. The second kappa shape index (κ2) is 9.29. The number of nitrogens with one attached hydrogen (secondary N) is 1. The lowest BCUT2D eigenvalue weighted by Gasteiger charge is -2.25. The molecule has 174 valence electrons. The average molecular weight is 451 g/mol. The van der Waals surface area contributed by atoms with Crippen LogP contribution in [0.2, 0.25) is 0 Å². The monoisotopic (exact) mass is 450 g/mol. The molecule has 2 aliphatic rings. The fraction of sp³-hybridized carbons (Fsp3) is 0.565. The van der Waals surface area contributed by atoms with Gasteiger partial charge in [0.25, 0.3) is 0 Å². The summed E-state index contributed by atoms with van der Waals surface area (Å²) in [4.78, 5) is 36.8. The number of likely N-dealkylation sites (tertiary alicyclic amines) is 1. The van der Waals surface area contributed by atoms with Gasteiger partial charge in [-0.15, -0.1) is 0 Å². The zero-order chi connectivity index (χ0) is 22.8. The molecular formula is C23H30N8O2. The first-order valence-electron chi connectivity index (χ1n) is 11.8. The molecule has 1 aliphatic heterocycles. The highest BCUT2D eigenvalue weighted by atomic mass is 16.6. The van der Waals surface area contributed by atoms with E-state index >= 15 is 0 Å². The third-order valence-electron chi connectivity index (χ3n) is 6.49. The maximum Gasteiger partial charge on any atom is 0.410 e. The number of hydrogen-bond donors (Lipinski definition) is 1. The van der Waals surface area contributed by atoms with Crippen LogP contribution < -0.4 is 5.32 Å². The van der Waals surface area contributed by atoms with Crippen molar-refractivity contribution in [2.75, 3.05) is 18.4 Å². The first-order valence-corrected chi connectivity index (χ1v) is 11.8. The number of aromatic nitrogens is 6. The third kappa shape index (κ3) is 4.46. The summed E-state index contributed by atoms with van der Waals surface area (Å²) in [5.41, 5.74) is 2.30. The first kappa shape index (κ1) is 21.5. The Morgan fingerprint density at radius 2 is 1.91 bits per heavy atom. The average Bonchev–Trinajstić information content (AvgIpc) is 3.45. The number of ether oxygens (including phenoxy) is 1. The van der Waals surface area contributed by atoms with Crippen LogP contribution >= 0.6 is 0 Å². The largest absolute Gasteiger partial charge is 0.446 e. The van der Waals surface area contributed by atoms with Crippen molar-refractivity contribution in [2.45, 2.75) is 71.1 Å². The molecule has 1 aliphatic carbocycles. The van der Waals surface area contributed by atoms with E-state index in [9.17, 15) is 4.79 Å². The molecule has 3 aromatic rings. The standard InChI is InChI=1S/C23H30N8O2/c1-3-31-21(16-11-24-15(2)25-12-16)29-19-20(26-14-27-22(19)31)28-17-9-10-30(13-17)23(32)33-18-7-5-4-6-8-18/h11-12,14,17-18H,3-10,13H2,1-2H3,(H,26,27,28). The van der Waals surface area contributed by atoms with E-state index in [4.69, 9.17) is 9.72 Å². The van der Waals surface area contributed by atoms with Crippen LogP contribution in [0, 0.1) is 6.92 Å². The fourth-order valence-electron chi connectivity index (χ4n) is 4.71. The normalized spacial score (nSPS) is 19.2. The summed E-state index contributed by atoms with van der Waals surface area (Å²) in [5, 5.41) is 3.49. The van der Waals surface area contributed by atoms with Gasteiger partial charge in [0.15, 0.2) is 17.0 Å². The number of nitrogens with zero attached hydrogens (tertiary/aromatic N) is 7. The second-order valence-electron chi connectivity index (χ2n) is 8.81. The molecule has 0 spiro atoms. The number of carbonyl (C=O) groups excluding carboxylic acids is 1. The van der Waals surface area contributed by atoms with E-state index in [1.807, 2.05) is 11.5 Å². The molecule has 1 saturated carbocycles. The number of fused-ring (bicyclic) bond motifs is 1. The highest BCUT2D eigenvalue weighted by molar-refractivity contribution is 5.86. The molecule has 0 radical (unpaired) electrons. The minimum Gasteiger partial charge on any atom is -0.446 e. The summed E-state index contributed by atoms with van der Waals surface area (Å²) in [6, 6.07) is 0.0833. The van der Waals surface area contributed by atoms with E-state index in [0.29, 0.717) is 36.8 Å². The van der Waals surface area contributed by atoms with Gasteiger partial charge in [0.1, 0.15) is 24.1 Å². The van der Waals surface area contributed by atoms with Crippen LogP contribution in [0.1, 0.15) is 51.3 Å². The Morgan fingerprint density at radius 1 is 1.12 bits per heavy atom. The minimum absolute atomic E-state index is 0.0712. The zero-order valence-electron chi connectivity index (χ0n) is 19.2. The smallest absolute Gasteiger partial charge is 0.410 e. The van der Waals surface area contributed by atoms with Crippen molar-refractivity contribution >= 4 is 23.1 Å². The van der Waals surface area contributed by atoms with E-state index in [1.54, 1.807) is 23.6 Å². The van der Waals surface area contributed by atoms with Crippen molar-refractivity contribution in [3.63, 3.8) is 0 Å². The third-order valence-corrected chi connectivity index (χ3v) is 6.49. The summed E-state index contributed by atoms with van der Waals surface area (Å²) < 4.78 is 7.78. The van der Waals surface area contributed by atoms with E-state index in [-0.39, 0.29) is 18.2 Å². The highest BCUT2D eigenvalue weighted by Gasteiger charge is 2.30.